The van der Waals surface area contributed by atoms with Crippen LogP contribution >= 0.6 is 0 Å². The fourth-order valence-corrected chi connectivity index (χ4v) is 1.87. The summed E-state index contributed by atoms with van der Waals surface area (Å²) in [5, 5.41) is 9.38. The van der Waals surface area contributed by atoms with E-state index in [0.29, 0.717) is 22.6 Å². The van der Waals surface area contributed by atoms with Crippen LogP contribution in [0.25, 0.3) is 11.6 Å². The minimum absolute atomic E-state index is 0.151. The number of rotatable bonds is 5. The van der Waals surface area contributed by atoms with E-state index in [2.05, 4.69) is 4.98 Å². The first-order valence-electron chi connectivity index (χ1n) is 6.22. The van der Waals surface area contributed by atoms with Gasteiger partial charge in [-0.15, -0.1) is 0 Å². The number of methoxy groups -OCH3 is 2. The van der Waals surface area contributed by atoms with Crippen molar-refractivity contribution in [1.82, 2.24) is 4.98 Å². The molecule has 2 rings (SSSR count). The molecule has 2 aromatic rings. The van der Waals surface area contributed by atoms with Gasteiger partial charge in [-0.3, -0.25) is 4.98 Å². The average molecular weight is 285 g/mol. The summed E-state index contributed by atoms with van der Waals surface area (Å²) in [4.78, 5) is 15.4. The molecule has 0 bridgehead atoms. The molecule has 0 atom stereocenters. The van der Waals surface area contributed by atoms with Crippen LogP contribution in [-0.2, 0) is 4.79 Å². The van der Waals surface area contributed by atoms with Crippen molar-refractivity contribution >= 4 is 17.6 Å². The Morgan fingerprint density at radius 3 is 2.33 bits per heavy atom. The van der Waals surface area contributed by atoms with Crippen LogP contribution in [0.4, 0.5) is 0 Å². The van der Waals surface area contributed by atoms with Crippen molar-refractivity contribution in [3.05, 3.63) is 53.9 Å². The Balaban J connectivity index is 2.50. The Bertz CT molecular complexity index is 643. The number of carboxylic acid groups (broad SMARTS) is 1. The molecule has 1 aromatic heterocycles. The number of carboxylic acids is 1. The number of ether oxygens (including phenoxy) is 2. The number of aliphatic carboxylic acids is 1. The summed E-state index contributed by atoms with van der Waals surface area (Å²) in [7, 11) is 3.09. The van der Waals surface area contributed by atoms with E-state index in [1.54, 1.807) is 56.8 Å². The van der Waals surface area contributed by atoms with Gasteiger partial charge in [0.1, 0.15) is 11.5 Å². The van der Waals surface area contributed by atoms with Crippen molar-refractivity contribution in [2.45, 2.75) is 0 Å². The highest BCUT2D eigenvalue weighted by atomic mass is 16.5. The SMILES string of the molecule is COc1cc(C=C(C(=O)O)c2cccnc2)cc(OC)c1. The Morgan fingerprint density at radius 1 is 1.19 bits per heavy atom. The number of carbonyl (C=O) groups is 1. The van der Waals surface area contributed by atoms with E-state index in [0.717, 1.165) is 0 Å². The van der Waals surface area contributed by atoms with Crippen molar-refractivity contribution in [2.24, 2.45) is 0 Å². The second-order valence-electron chi connectivity index (χ2n) is 4.25. The van der Waals surface area contributed by atoms with Crippen molar-refractivity contribution in [3.63, 3.8) is 0 Å². The average Bonchev–Trinajstić information content (AvgIpc) is 2.52. The third-order valence-corrected chi connectivity index (χ3v) is 2.89. The van der Waals surface area contributed by atoms with Gasteiger partial charge in [-0.25, -0.2) is 4.79 Å². The van der Waals surface area contributed by atoms with Crippen LogP contribution in [-0.4, -0.2) is 30.3 Å². The van der Waals surface area contributed by atoms with E-state index in [4.69, 9.17) is 9.47 Å². The summed E-state index contributed by atoms with van der Waals surface area (Å²) >= 11 is 0. The van der Waals surface area contributed by atoms with Gasteiger partial charge in [0.2, 0.25) is 0 Å². The molecule has 0 saturated heterocycles. The summed E-state index contributed by atoms with van der Waals surface area (Å²) in [6.45, 7) is 0. The van der Waals surface area contributed by atoms with E-state index >= 15 is 0 Å². The Labute approximate surface area is 122 Å². The second-order valence-corrected chi connectivity index (χ2v) is 4.25. The number of nitrogens with zero attached hydrogens (tertiary/aromatic N) is 1. The first-order valence-corrected chi connectivity index (χ1v) is 6.22. The van der Waals surface area contributed by atoms with E-state index < -0.39 is 5.97 Å². The molecule has 0 saturated carbocycles. The van der Waals surface area contributed by atoms with Gasteiger partial charge in [-0.2, -0.15) is 0 Å². The lowest BCUT2D eigenvalue weighted by Crippen LogP contribution is -2.00. The third kappa shape index (κ3) is 3.60. The minimum Gasteiger partial charge on any atom is -0.497 e. The molecule has 0 radical (unpaired) electrons. The van der Waals surface area contributed by atoms with Crippen LogP contribution in [0.3, 0.4) is 0 Å². The van der Waals surface area contributed by atoms with Crippen LogP contribution in [0.2, 0.25) is 0 Å². The van der Waals surface area contributed by atoms with Gasteiger partial charge in [0.05, 0.1) is 19.8 Å². The molecule has 0 aliphatic rings. The second kappa shape index (κ2) is 6.56. The molecule has 0 fully saturated rings. The quantitative estimate of drug-likeness (QED) is 0.855. The largest absolute Gasteiger partial charge is 0.497 e. The summed E-state index contributed by atoms with van der Waals surface area (Å²) in [6, 6.07) is 8.59. The maximum absolute atomic E-state index is 11.5. The normalized spacial score (nSPS) is 11.0. The Hall–Kier alpha value is -2.82. The van der Waals surface area contributed by atoms with Crippen LogP contribution in [0.5, 0.6) is 11.5 Å². The number of hydrogen-bond donors (Lipinski definition) is 1. The zero-order valence-electron chi connectivity index (χ0n) is 11.7. The maximum Gasteiger partial charge on any atom is 0.336 e. The van der Waals surface area contributed by atoms with E-state index in [9.17, 15) is 9.90 Å². The van der Waals surface area contributed by atoms with Gasteiger partial charge >= 0.3 is 5.97 Å². The molecule has 0 unspecified atom stereocenters. The molecule has 0 amide bonds. The lowest BCUT2D eigenvalue weighted by molar-refractivity contribution is -0.130. The van der Waals surface area contributed by atoms with Crippen molar-refractivity contribution in [2.75, 3.05) is 14.2 Å². The molecule has 0 aliphatic heterocycles. The lowest BCUT2D eigenvalue weighted by atomic mass is 10.0. The summed E-state index contributed by atoms with van der Waals surface area (Å²) in [6.07, 6.45) is 4.67. The molecule has 1 aromatic carbocycles. The molecule has 0 spiro atoms. The molecule has 1 N–H and O–H groups in total. The van der Waals surface area contributed by atoms with Crippen LogP contribution < -0.4 is 9.47 Å². The molecule has 108 valence electrons. The smallest absolute Gasteiger partial charge is 0.336 e. The first kappa shape index (κ1) is 14.6. The van der Waals surface area contributed by atoms with E-state index in [-0.39, 0.29) is 5.57 Å². The lowest BCUT2D eigenvalue weighted by Gasteiger charge is -2.07. The molecule has 5 nitrogen and oxygen atoms in total. The standard InChI is InChI=1S/C16H15NO4/c1-20-13-6-11(7-14(9-13)21-2)8-15(16(18)19)12-4-3-5-17-10-12/h3-10H,1-2H3,(H,18,19). The minimum atomic E-state index is -1.02. The molecular weight excluding hydrogens is 270 g/mol. The van der Waals surface area contributed by atoms with Crippen molar-refractivity contribution in [3.8, 4) is 11.5 Å². The number of aromatic nitrogens is 1. The van der Waals surface area contributed by atoms with Crippen LogP contribution in [0, 0.1) is 0 Å². The van der Waals surface area contributed by atoms with Crippen molar-refractivity contribution < 1.29 is 19.4 Å². The predicted octanol–water partition coefficient (Wildman–Crippen LogP) is 2.72. The number of pyridine rings is 1. The molecule has 21 heavy (non-hydrogen) atoms. The van der Waals surface area contributed by atoms with Gasteiger partial charge in [0.25, 0.3) is 0 Å². The van der Waals surface area contributed by atoms with Gasteiger partial charge in [0.15, 0.2) is 0 Å². The molecule has 0 aliphatic carbocycles. The highest BCUT2D eigenvalue weighted by Crippen LogP contribution is 2.26. The number of hydrogen-bond acceptors (Lipinski definition) is 4. The fraction of sp³-hybridized carbons (Fsp3) is 0.125. The fourth-order valence-electron chi connectivity index (χ4n) is 1.87. The van der Waals surface area contributed by atoms with Crippen molar-refractivity contribution in [1.29, 1.82) is 0 Å². The third-order valence-electron chi connectivity index (χ3n) is 2.89. The first-order chi connectivity index (χ1) is 10.1. The topological polar surface area (TPSA) is 68.7 Å². The van der Waals surface area contributed by atoms with Crippen LogP contribution in [0.15, 0.2) is 42.7 Å². The summed E-state index contributed by atoms with van der Waals surface area (Å²) in [5.74, 6) is 0.165. The Kier molecular flexibility index (Phi) is 4.56. The van der Waals surface area contributed by atoms with E-state index in [1.165, 1.54) is 6.20 Å². The summed E-state index contributed by atoms with van der Waals surface area (Å²) in [5.41, 5.74) is 1.36. The van der Waals surface area contributed by atoms with Crippen LogP contribution in [0.1, 0.15) is 11.1 Å². The van der Waals surface area contributed by atoms with Gasteiger partial charge < -0.3 is 14.6 Å². The monoisotopic (exact) mass is 285 g/mol. The highest BCUT2D eigenvalue weighted by Gasteiger charge is 2.11. The zero-order valence-corrected chi connectivity index (χ0v) is 11.7. The number of benzene rings is 1. The summed E-state index contributed by atoms with van der Waals surface area (Å²) < 4.78 is 10.4. The molecular formula is C16H15NO4. The van der Waals surface area contributed by atoms with E-state index in [1.807, 2.05) is 0 Å². The van der Waals surface area contributed by atoms with Gasteiger partial charge in [0, 0.05) is 24.0 Å². The predicted molar refractivity (Wildman–Crippen MR) is 79.3 cm³/mol. The maximum atomic E-state index is 11.5. The zero-order chi connectivity index (χ0) is 15.2. The molecule has 5 heteroatoms. The highest BCUT2D eigenvalue weighted by molar-refractivity contribution is 6.20. The van der Waals surface area contributed by atoms with Gasteiger partial charge in [-0.1, -0.05) is 6.07 Å². The Morgan fingerprint density at radius 2 is 1.86 bits per heavy atom. The van der Waals surface area contributed by atoms with Gasteiger partial charge in [-0.05, 0) is 29.8 Å². The molecule has 1 heterocycles.